The Morgan fingerprint density at radius 2 is 1.55 bits per heavy atom. The van der Waals surface area contributed by atoms with Gasteiger partial charge in [-0.1, -0.05) is 34.6 Å². The molecule has 0 bridgehead atoms. The zero-order chi connectivity index (χ0) is 31.9. The Morgan fingerprint density at radius 3 is 2.20 bits per heavy atom. The number of rotatable bonds is 4. The van der Waals surface area contributed by atoms with Crippen LogP contribution in [0.25, 0.3) is 0 Å². The van der Waals surface area contributed by atoms with Crippen molar-refractivity contribution in [3.63, 3.8) is 0 Å². The molecule has 1 amide bonds. The van der Waals surface area contributed by atoms with Crippen molar-refractivity contribution in [2.75, 3.05) is 12.4 Å². The Hall–Kier alpha value is -1.79. The average molecular weight is 610 g/mol. The fourth-order valence-corrected chi connectivity index (χ4v) is 12.4. The van der Waals surface area contributed by atoms with E-state index in [4.69, 9.17) is 14.2 Å². The Balaban J connectivity index is 1.21. The highest BCUT2D eigenvalue weighted by molar-refractivity contribution is 5.84. The normalized spacial score (nSPS) is 45.8. The van der Waals surface area contributed by atoms with Crippen LogP contribution in [-0.2, 0) is 9.47 Å². The molecule has 5 fully saturated rings. The van der Waals surface area contributed by atoms with E-state index in [1.54, 1.807) is 7.11 Å². The van der Waals surface area contributed by atoms with Gasteiger partial charge in [-0.2, -0.15) is 0 Å². The number of fused-ring (bicyclic) bond motifs is 5. The van der Waals surface area contributed by atoms with Crippen LogP contribution in [-0.4, -0.2) is 41.7 Å². The zero-order valence-corrected chi connectivity index (χ0v) is 28.9. The minimum Gasteiger partial charge on any atom is -0.497 e. The van der Waals surface area contributed by atoms with E-state index in [0.29, 0.717) is 23.4 Å². The van der Waals surface area contributed by atoms with Crippen molar-refractivity contribution < 1.29 is 24.1 Å². The largest absolute Gasteiger partial charge is 0.497 e. The highest BCUT2D eigenvalue weighted by atomic mass is 16.6. The van der Waals surface area contributed by atoms with Crippen molar-refractivity contribution in [1.29, 1.82) is 0 Å². The van der Waals surface area contributed by atoms with Crippen molar-refractivity contribution in [1.82, 2.24) is 0 Å². The molecule has 10 atom stereocenters. The topological polar surface area (TPSA) is 77.0 Å². The number of hydrogen-bond acceptors (Lipinski definition) is 5. The minimum absolute atomic E-state index is 0.0810. The maximum absolute atomic E-state index is 13.1. The number of carbonyl (C=O) groups is 1. The van der Waals surface area contributed by atoms with E-state index >= 15 is 0 Å². The standard InChI is InChI=1S/C38H59NO5/c1-33(2)18-10-19-38(8,44-33)26-15-21-37(7)31(26)27(40)23-29-35(5)20-17-30(34(3,4)28(35)16-22-36(29,37)6)43-32(41)39-24-11-13-25(42-9)14-12-24/h11-14,26-31,40H,10,15-23H2,1-9H3,(H,39,41)/t26-,27+,28-,29+,30-,31-,35-,36+,37+,38+/m0/s1. The second kappa shape index (κ2) is 10.6. The van der Waals surface area contributed by atoms with Gasteiger partial charge >= 0.3 is 6.09 Å². The third-order valence-corrected chi connectivity index (χ3v) is 14.7. The quantitative estimate of drug-likeness (QED) is 0.356. The summed E-state index contributed by atoms with van der Waals surface area (Å²) in [5.41, 5.74) is 0.600. The van der Waals surface area contributed by atoms with Crippen LogP contribution in [0.1, 0.15) is 120 Å². The highest BCUT2D eigenvalue weighted by Gasteiger charge is 2.72. The number of carbonyl (C=O) groups excluding carboxylic acids is 1. The fraction of sp³-hybridized carbons (Fsp3) is 0.816. The van der Waals surface area contributed by atoms with E-state index in [1.807, 2.05) is 24.3 Å². The summed E-state index contributed by atoms with van der Waals surface area (Å²) in [4.78, 5) is 13.1. The third-order valence-electron chi connectivity index (χ3n) is 14.7. The number of methoxy groups -OCH3 is 1. The number of ether oxygens (including phenoxy) is 3. The first-order valence-corrected chi connectivity index (χ1v) is 17.5. The van der Waals surface area contributed by atoms with Gasteiger partial charge in [-0.05, 0) is 149 Å². The summed E-state index contributed by atoms with van der Waals surface area (Å²) in [7, 11) is 1.63. The number of amides is 1. The predicted octanol–water partition coefficient (Wildman–Crippen LogP) is 9.01. The summed E-state index contributed by atoms with van der Waals surface area (Å²) in [6.07, 6.45) is 9.95. The van der Waals surface area contributed by atoms with E-state index < -0.39 is 0 Å². The summed E-state index contributed by atoms with van der Waals surface area (Å²) in [6.45, 7) is 19.1. The van der Waals surface area contributed by atoms with Gasteiger partial charge in [-0.3, -0.25) is 5.32 Å². The molecule has 1 aromatic carbocycles. The van der Waals surface area contributed by atoms with Crippen molar-refractivity contribution in [3.05, 3.63) is 24.3 Å². The van der Waals surface area contributed by atoms with Crippen LogP contribution in [0.5, 0.6) is 5.75 Å². The molecule has 1 aliphatic heterocycles. The van der Waals surface area contributed by atoms with Crippen molar-refractivity contribution in [2.45, 2.75) is 143 Å². The van der Waals surface area contributed by atoms with Gasteiger partial charge in [-0.25, -0.2) is 4.79 Å². The van der Waals surface area contributed by atoms with Crippen LogP contribution in [0.2, 0.25) is 0 Å². The number of hydrogen-bond donors (Lipinski definition) is 2. The van der Waals surface area contributed by atoms with Crippen LogP contribution in [0.15, 0.2) is 24.3 Å². The van der Waals surface area contributed by atoms with Gasteiger partial charge in [0.05, 0.1) is 24.4 Å². The molecule has 0 unspecified atom stereocenters. The SMILES string of the molecule is COc1ccc(NC(=O)O[C@H]2CC[C@]3(C)[C@H]4C[C@@H](O)[C@@H]5[C@@H]([C@@]6(C)CCCC(C)(C)O6)CC[C@@]5(C)[C@]4(C)CC[C@H]3C2(C)C)cc1. The van der Waals surface area contributed by atoms with Gasteiger partial charge in [0.15, 0.2) is 0 Å². The van der Waals surface area contributed by atoms with E-state index in [-0.39, 0.29) is 57.1 Å². The first-order valence-electron chi connectivity index (χ1n) is 17.5. The molecule has 44 heavy (non-hydrogen) atoms. The zero-order valence-electron chi connectivity index (χ0n) is 28.9. The number of aliphatic hydroxyl groups is 1. The smallest absolute Gasteiger partial charge is 0.411 e. The molecule has 4 saturated carbocycles. The molecule has 0 radical (unpaired) electrons. The summed E-state index contributed by atoms with van der Waals surface area (Å²) < 4.78 is 18.4. The van der Waals surface area contributed by atoms with E-state index in [1.165, 1.54) is 19.3 Å². The lowest BCUT2D eigenvalue weighted by molar-refractivity contribution is -0.257. The van der Waals surface area contributed by atoms with Gasteiger partial charge in [0, 0.05) is 11.1 Å². The molecule has 6 nitrogen and oxygen atoms in total. The molecule has 6 rings (SSSR count). The molecule has 1 aromatic rings. The number of benzene rings is 1. The molecule has 0 aromatic heterocycles. The number of nitrogens with one attached hydrogen (secondary N) is 1. The molecule has 4 aliphatic carbocycles. The average Bonchev–Trinajstić information content (AvgIpc) is 3.32. The lowest BCUT2D eigenvalue weighted by Gasteiger charge is -2.70. The number of anilines is 1. The van der Waals surface area contributed by atoms with Gasteiger partial charge in [-0.15, -0.1) is 0 Å². The lowest BCUT2D eigenvalue weighted by atomic mass is 9.35. The molecule has 0 spiro atoms. The van der Waals surface area contributed by atoms with Crippen LogP contribution >= 0.6 is 0 Å². The third kappa shape index (κ3) is 4.82. The van der Waals surface area contributed by atoms with Crippen molar-refractivity contribution in [3.8, 4) is 5.75 Å². The molecular weight excluding hydrogens is 550 g/mol. The summed E-state index contributed by atoms with van der Waals surface area (Å²) in [5, 5.41) is 15.1. The molecular formula is C38H59NO5. The van der Waals surface area contributed by atoms with Gasteiger partial charge in [0.25, 0.3) is 0 Å². The number of aliphatic hydroxyl groups excluding tert-OH is 1. The lowest BCUT2D eigenvalue weighted by Crippen LogP contribution is -2.67. The van der Waals surface area contributed by atoms with E-state index in [9.17, 15) is 9.90 Å². The molecule has 1 heterocycles. The van der Waals surface area contributed by atoms with Crippen LogP contribution < -0.4 is 10.1 Å². The van der Waals surface area contributed by atoms with Crippen LogP contribution in [0, 0.1) is 45.3 Å². The van der Waals surface area contributed by atoms with Gasteiger partial charge < -0.3 is 19.3 Å². The van der Waals surface area contributed by atoms with Crippen LogP contribution in [0.3, 0.4) is 0 Å². The predicted molar refractivity (Wildman–Crippen MR) is 175 cm³/mol. The van der Waals surface area contributed by atoms with Crippen LogP contribution in [0.4, 0.5) is 10.5 Å². The first kappa shape index (κ1) is 32.2. The monoisotopic (exact) mass is 609 g/mol. The summed E-state index contributed by atoms with van der Waals surface area (Å²) in [5.74, 6) is 2.29. The molecule has 1 saturated heterocycles. The Kier molecular flexibility index (Phi) is 7.76. The maximum atomic E-state index is 13.1. The van der Waals surface area contributed by atoms with E-state index in [0.717, 1.165) is 50.7 Å². The van der Waals surface area contributed by atoms with Crippen molar-refractivity contribution >= 4 is 11.8 Å². The molecule has 2 N–H and O–H groups in total. The summed E-state index contributed by atoms with van der Waals surface area (Å²) >= 11 is 0. The van der Waals surface area contributed by atoms with Crippen molar-refractivity contribution in [2.24, 2.45) is 45.3 Å². The Morgan fingerprint density at radius 1 is 0.864 bits per heavy atom. The van der Waals surface area contributed by atoms with Gasteiger partial charge in [0.2, 0.25) is 0 Å². The minimum atomic E-state index is -0.389. The van der Waals surface area contributed by atoms with Gasteiger partial charge in [0.1, 0.15) is 11.9 Å². The Labute approximate surface area is 266 Å². The highest BCUT2D eigenvalue weighted by Crippen LogP contribution is 2.76. The second-order valence-corrected chi connectivity index (χ2v) is 17.6. The maximum Gasteiger partial charge on any atom is 0.411 e. The first-order chi connectivity index (χ1) is 20.5. The fourth-order valence-electron chi connectivity index (χ4n) is 12.4. The van der Waals surface area contributed by atoms with E-state index in [2.05, 4.69) is 60.7 Å². The Bertz CT molecular complexity index is 1240. The second-order valence-electron chi connectivity index (χ2n) is 17.6. The molecule has 6 heteroatoms. The summed E-state index contributed by atoms with van der Waals surface area (Å²) in [6, 6.07) is 7.35. The molecule has 5 aliphatic rings. The molecule has 246 valence electrons.